The van der Waals surface area contributed by atoms with Gasteiger partial charge in [0.15, 0.2) is 0 Å². The molecule has 0 aliphatic rings. The second-order valence-electron chi connectivity index (χ2n) is 2.95. The Balaban J connectivity index is 2.81. The van der Waals surface area contributed by atoms with Gasteiger partial charge in [0.1, 0.15) is 12.4 Å². The summed E-state index contributed by atoms with van der Waals surface area (Å²) in [6.45, 7) is -0.0401. The lowest BCUT2D eigenvalue weighted by Crippen LogP contribution is -2.00. The quantitative estimate of drug-likeness (QED) is 0.747. The zero-order chi connectivity index (χ0) is 9.68. The van der Waals surface area contributed by atoms with E-state index in [9.17, 15) is 9.50 Å². The summed E-state index contributed by atoms with van der Waals surface area (Å²) in [5, 5.41) is 9.53. The Morgan fingerprint density at radius 1 is 1.31 bits per heavy atom. The molecule has 3 heteroatoms. The van der Waals surface area contributed by atoms with Gasteiger partial charge in [-0.2, -0.15) is 0 Å². The van der Waals surface area contributed by atoms with Gasteiger partial charge in [-0.05, 0) is 24.9 Å². The Morgan fingerprint density at radius 2 is 2.00 bits per heavy atom. The maximum absolute atomic E-state index is 12.3. The molecule has 0 aromatic heterocycles. The van der Waals surface area contributed by atoms with Crippen molar-refractivity contribution in [3.05, 3.63) is 29.3 Å². The number of phenolic OH excluding ortho intramolecular Hbond substituents is 1. The number of para-hydroxylation sites is 1. The van der Waals surface area contributed by atoms with E-state index < -0.39 is 6.67 Å². The number of benzene rings is 1. The lowest BCUT2D eigenvalue weighted by Gasteiger charge is -2.06. The number of alkyl halides is 1. The highest BCUT2D eigenvalue weighted by Gasteiger charge is 2.05. The van der Waals surface area contributed by atoms with Crippen molar-refractivity contribution in [1.82, 2.24) is 0 Å². The predicted molar refractivity (Wildman–Crippen MR) is 50.3 cm³/mol. The van der Waals surface area contributed by atoms with Gasteiger partial charge >= 0.3 is 0 Å². The second kappa shape index (κ2) is 4.82. The van der Waals surface area contributed by atoms with E-state index in [1.54, 1.807) is 18.2 Å². The van der Waals surface area contributed by atoms with Crippen molar-refractivity contribution in [1.29, 1.82) is 0 Å². The molecule has 0 unspecified atom stereocenters. The fraction of sp³-hybridized carbons (Fsp3) is 0.400. The van der Waals surface area contributed by atoms with Gasteiger partial charge in [0.05, 0.1) is 0 Å². The minimum absolute atomic E-state index is 0.0819. The normalized spacial score (nSPS) is 10.3. The van der Waals surface area contributed by atoms with Crippen molar-refractivity contribution in [2.75, 3.05) is 6.54 Å². The van der Waals surface area contributed by atoms with E-state index in [-0.39, 0.29) is 5.75 Å². The Bertz CT molecular complexity index is 276. The summed E-state index contributed by atoms with van der Waals surface area (Å²) in [6.07, 6.45) is 1.51. The van der Waals surface area contributed by atoms with Crippen LogP contribution in [-0.2, 0) is 13.1 Å². The molecule has 0 fully saturated rings. The molecule has 0 saturated carbocycles. The molecule has 1 aromatic carbocycles. The molecule has 13 heavy (non-hydrogen) atoms. The van der Waals surface area contributed by atoms with Crippen LogP contribution in [-0.4, -0.2) is 11.7 Å². The van der Waals surface area contributed by atoms with Crippen LogP contribution in [0.5, 0.6) is 5.75 Å². The standard InChI is InChI=1S/C10H14FNO/c11-7-9-4-1-3-8(10(9)13)5-2-6-12/h1,3-4,13H,2,5-7,12H2. The molecule has 72 valence electrons. The van der Waals surface area contributed by atoms with Gasteiger partial charge in [0, 0.05) is 5.56 Å². The van der Waals surface area contributed by atoms with Crippen molar-refractivity contribution >= 4 is 0 Å². The molecule has 0 heterocycles. The number of hydrogen-bond acceptors (Lipinski definition) is 2. The fourth-order valence-corrected chi connectivity index (χ4v) is 1.25. The summed E-state index contributed by atoms with van der Waals surface area (Å²) in [5.41, 5.74) is 6.48. The smallest absolute Gasteiger partial charge is 0.124 e. The van der Waals surface area contributed by atoms with Gasteiger partial charge in [-0.25, -0.2) is 4.39 Å². The Hall–Kier alpha value is -1.09. The topological polar surface area (TPSA) is 46.2 Å². The zero-order valence-corrected chi connectivity index (χ0v) is 7.46. The SMILES string of the molecule is NCCCc1cccc(CF)c1O. The average Bonchev–Trinajstić information content (AvgIpc) is 2.16. The third-order valence-corrected chi connectivity index (χ3v) is 2.00. The highest BCUT2D eigenvalue weighted by Crippen LogP contribution is 2.24. The summed E-state index contributed by atoms with van der Waals surface area (Å²) in [6, 6.07) is 5.13. The molecule has 0 atom stereocenters. The van der Waals surface area contributed by atoms with Crippen LogP contribution in [0.1, 0.15) is 17.5 Å². The monoisotopic (exact) mass is 183 g/mol. The first kappa shape index (κ1) is 9.99. The first-order chi connectivity index (χ1) is 6.29. The minimum atomic E-state index is -0.623. The van der Waals surface area contributed by atoms with Gasteiger partial charge in [0.25, 0.3) is 0 Å². The highest BCUT2D eigenvalue weighted by atomic mass is 19.1. The summed E-state index contributed by atoms with van der Waals surface area (Å²) in [4.78, 5) is 0. The van der Waals surface area contributed by atoms with Crippen molar-refractivity contribution < 1.29 is 9.50 Å². The predicted octanol–water partition coefficient (Wildman–Crippen LogP) is 1.75. The first-order valence-corrected chi connectivity index (χ1v) is 4.35. The van der Waals surface area contributed by atoms with Gasteiger partial charge in [0.2, 0.25) is 0 Å². The number of aromatic hydroxyl groups is 1. The van der Waals surface area contributed by atoms with Crippen molar-refractivity contribution in [3.63, 3.8) is 0 Å². The van der Waals surface area contributed by atoms with Crippen LogP contribution in [0.25, 0.3) is 0 Å². The van der Waals surface area contributed by atoms with Crippen LogP contribution in [0.15, 0.2) is 18.2 Å². The largest absolute Gasteiger partial charge is 0.507 e. The molecule has 0 aliphatic heterocycles. The first-order valence-electron chi connectivity index (χ1n) is 4.35. The van der Waals surface area contributed by atoms with E-state index in [1.807, 2.05) is 0 Å². The Labute approximate surface area is 77.2 Å². The number of nitrogens with two attached hydrogens (primary N) is 1. The summed E-state index contributed by atoms with van der Waals surface area (Å²) >= 11 is 0. The molecule has 1 rings (SSSR count). The van der Waals surface area contributed by atoms with E-state index >= 15 is 0 Å². The number of phenols is 1. The van der Waals surface area contributed by atoms with Crippen LogP contribution < -0.4 is 5.73 Å². The molecule has 0 amide bonds. The van der Waals surface area contributed by atoms with Crippen molar-refractivity contribution in [2.45, 2.75) is 19.5 Å². The molecule has 1 aromatic rings. The van der Waals surface area contributed by atoms with E-state index in [1.165, 1.54) is 0 Å². The fourth-order valence-electron chi connectivity index (χ4n) is 1.25. The second-order valence-corrected chi connectivity index (χ2v) is 2.95. The van der Waals surface area contributed by atoms with Gasteiger partial charge in [-0.3, -0.25) is 0 Å². The van der Waals surface area contributed by atoms with Gasteiger partial charge in [-0.15, -0.1) is 0 Å². The van der Waals surface area contributed by atoms with Crippen LogP contribution in [0.3, 0.4) is 0 Å². The molecule has 0 spiro atoms. The molecule has 0 bridgehead atoms. The Morgan fingerprint density at radius 3 is 2.62 bits per heavy atom. The van der Waals surface area contributed by atoms with Crippen LogP contribution in [0.2, 0.25) is 0 Å². The molecule has 2 nitrogen and oxygen atoms in total. The van der Waals surface area contributed by atoms with Crippen LogP contribution in [0, 0.1) is 0 Å². The van der Waals surface area contributed by atoms with Crippen molar-refractivity contribution in [3.8, 4) is 5.75 Å². The highest BCUT2D eigenvalue weighted by molar-refractivity contribution is 5.39. The molecule has 3 N–H and O–H groups in total. The molecular weight excluding hydrogens is 169 g/mol. The number of aryl methyl sites for hydroxylation is 1. The molecular formula is C10H14FNO. The summed E-state index contributed by atoms with van der Waals surface area (Å²) < 4.78 is 12.3. The van der Waals surface area contributed by atoms with E-state index in [0.29, 0.717) is 18.5 Å². The molecule has 0 saturated heterocycles. The average molecular weight is 183 g/mol. The van der Waals surface area contributed by atoms with E-state index in [2.05, 4.69) is 0 Å². The summed E-state index contributed by atoms with van der Waals surface area (Å²) in [7, 11) is 0. The number of halogens is 1. The van der Waals surface area contributed by atoms with E-state index in [0.717, 1.165) is 12.0 Å². The third-order valence-electron chi connectivity index (χ3n) is 2.00. The zero-order valence-electron chi connectivity index (χ0n) is 7.46. The molecule has 0 aliphatic carbocycles. The van der Waals surface area contributed by atoms with Crippen LogP contribution >= 0.6 is 0 Å². The maximum Gasteiger partial charge on any atom is 0.124 e. The van der Waals surface area contributed by atoms with Gasteiger partial charge < -0.3 is 10.8 Å². The number of hydrogen-bond donors (Lipinski definition) is 2. The Kier molecular flexibility index (Phi) is 3.71. The van der Waals surface area contributed by atoms with Gasteiger partial charge in [-0.1, -0.05) is 18.2 Å². The third kappa shape index (κ3) is 2.42. The summed E-state index contributed by atoms with van der Waals surface area (Å²) in [5.74, 6) is 0.0819. The molecule has 0 radical (unpaired) electrons. The van der Waals surface area contributed by atoms with Crippen molar-refractivity contribution in [2.24, 2.45) is 5.73 Å². The number of rotatable bonds is 4. The lowest BCUT2D eigenvalue weighted by atomic mass is 10.1. The lowest BCUT2D eigenvalue weighted by molar-refractivity contribution is 0.428. The van der Waals surface area contributed by atoms with Crippen LogP contribution in [0.4, 0.5) is 4.39 Å². The van der Waals surface area contributed by atoms with E-state index in [4.69, 9.17) is 5.73 Å². The maximum atomic E-state index is 12.3. The minimum Gasteiger partial charge on any atom is -0.507 e.